The van der Waals surface area contributed by atoms with E-state index in [2.05, 4.69) is 12.2 Å². The highest BCUT2D eigenvalue weighted by atomic mass is 35.5. The minimum atomic E-state index is -0.671. The van der Waals surface area contributed by atoms with Gasteiger partial charge < -0.3 is 10.4 Å². The van der Waals surface area contributed by atoms with Crippen LogP contribution in [-0.2, 0) is 0 Å². The van der Waals surface area contributed by atoms with E-state index in [1.165, 1.54) is 11.3 Å². The van der Waals surface area contributed by atoms with Crippen molar-refractivity contribution in [2.75, 3.05) is 6.54 Å². The van der Waals surface area contributed by atoms with Crippen LogP contribution in [0, 0.1) is 0 Å². The summed E-state index contributed by atoms with van der Waals surface area (Å²) in [7, 11) is 0. The van der Waals surface area contributed by atoms with E-state index in [1.54, 1.807) is 0 Å². The van der Waals surface area contributed by atoms with Crippen molar-refractivity contribution in [1.82, 2.24) is 5.32 Å². The summed E-state index contributed by atoms with van der Waals surface area (Å²) in [5.41, 5.74) is 0.323. The fourth-order valence-corrected chi connectivity index (χ4v) is 3.40. The lowest BCUT2D eigenvalue weighted by Gasteiger charge is -2.25. The number of hydrogen-bond acceptors (Lipinski definition) is 3. The molecule has 0 aliphatic heterocycles. The molecule has 0 saturated heterocycles. The van der Waals surface area contributed by atoms with Gasteiger partial charge in [-0.3, -0.25) is 0 Å². The summed E-state index contributed by atoms with van der Waals surface area (Å²) < 4.78 is 1.41. The fraction of sp³-hybridized carbons (Fsp3) is 0.667. The van der Waals surface area contributed by atoms with Crippen LogP contribution in [-0.4, -0.2) is 17.3 Å². The standard InChI is InChI=1S/C12H19Cl2NOS/c1-4-5-12(3,16)7-15-8(2)9-6-10(13)17-11(9)14/h6,8,15-16H,4-5,7H2,1-3H3. The minimum Gasteiger partial charge on any atom is -0.389 e. The smallest absolute Gasteiger partial charge is 0.0991 e. The van der Waals surface area contributed by atoms with Gasteiger partial charge in [0.25, 0.3) is 0 Å². The van der Waals surface area contributed by atoms with Gasteiger partial charge in [0, 0.05) is 12.6 Å². The minimum absolute atomic E-state index is 0.0922. The first-order valence-electron chi connectivity index (χ1n) is 5.76. The van der Waals surface area contributed by atoms with E-state index >= 15 is 0 Å². The normalized spacial score (nSPS) is 16.8. The monoisotopic (exact) mass is 295 g/mol. The topological polar surface area (TPSA) is 32.3 Å². The van der Waals surface area contributed by atoms with E-state index in [1.807, 2.05) is 19.9 Å². The molecule has 98 valence electrons. The molecule has 1 rings (SSSR count). The van der Waals surface area contributed by atoms with Crippen molar-refractivity contribution < 1.29 is 5.11 Å². The van der Waals surface area contributed by atoms with Crippen molar-refractivity contribution >= 4 is 34.5 Å². The molecule has 1 heterocycles. The maximum Gasteiger partial charge on any atom is 0.0991 e. The van der Waals surface area contributed by atoms with Gasteiger partial charge in [0.15, 0.2) is 0 Å². The maximum atomic E-state index is 10.1. The zero-order chi connectivity index (χ0) is 13.1. The molecule has 0 amide bonds. The molecular weight excluding hydrogens is 277 g/mol. The van der Waals surface area contributed by atoms with Gasteiger partial charge >= 0.3 is 0 Å². The largest absolute Gasteiger partial charge is 0.389 e. The molecule has 2 atom stereocenters. The Morgan fingerprint density at radius 2 is 2.18 bits per heavy atom. The van der Waals surface area contributed by atoms with Crippen LogP contribution in [0.15, 0.2) is 6.07 Å². The first-order valence-corrected chi connectivity index (χ1v) is 7.33. The van der Waals surface area contributed by atoms with E-state index in [0.29, 0.717) is 15.2 Å². The molecule has 0 saturated carbocycles. The summed E-state index contributed by atoms with van der Waals surface area (Å²) in [6, 6.07) is 1.97. The molecule has 0 aromatic carbocycles. The molecule has 5 heteroatoms. The molecular formula is C12H19Cl2NOS. The Morgan fingerprint density at radius 1 is 1.53 bits per heavy atom. The number of halogens is 2. The summed E-state index contributed by atoms with van der Waals surface area (Å²) in [6.45, 7) is 6.48. The number of rotatable bonds is 6. The fourth-order valence-electron chi connectivity index (χ4n) is 1.76. The summed E-state index contributed by atoms with van der Waals surface area (Å²) in [5.74, 6) is 0. The van der Waals surface area contributed by atoms with Crippen molar-refractivity contribution in [3.63, 3.8) is 0 Å². The number of aliphatic hydroxyl groups is 1. The molecule has 0 spiro atoms. The van der Waals surface area contributed by atoms with Crippen LogP contribution in [0.1, 0.15) is 45.2 Å². The van der Waals surface area contributed by atoms with E-state index in [-0.39, 0.29) is 6.04 Å². The quantitative estimate of drug-likeness (QED) is 0.822. The second kappa shape index (κ2) is 6.39. The van der Waals surface area contributed by atoms with Gasteiger partial charge in [-0.15, -0.1) is 11.3 Å². The van der Waals surface area contributed by atoms with Gasteiger partial charge in [0.2, 0.25) is 0 Å². The first kappa shape index (κ1) is 15.3. The van der Waals surface area contributed by atoms with E-state index < -0.39 is 5.60 Å². The van der Waals surface area contributed by atoms with Crippen LogP contribution in [0.5, 0.6) is 0 Å². The summed E-state index contributed by atoms with van der Waals surface area (Å²) in [6.07, 6.45) is 1.75. The molecule has 17 heavy (non-hydrogen) atoms. The SMILES string of the molecule is CCCC(C)(O)CNC(C)c1cc(Cl)sc1Cl. The molecule has 2 nitrogen and oxygen atoms in total. The summed E-state index contributed by atoms with van der Waals surface area (Å²) in [4.78, 5) is 0. The Kier molecular flexibility index (Phi) is 5.74. The molecule has 0 aliphatic rings. The van der Waals surface area contributed by atoms with Crippen molar-refractivity contribution in [2.45, 2.75) is 45.3 Å². The highest BCUT2D eigenvalue weighted by Crippen LogP contribution is 2.34. The molecule has 1 aromatic heterocycles. The van der Waals surface area contributed by atoms with Crippen LogP contribution in [0.25, 0.3) is 0 Å². The number of thiophene rings is 1. The van der Waals surface area contributed by atoms with Crippen molar-refractivity contribution in [3.05, 3.63) is 20.3 Å². The van der Waals surface area contributed by atoms with E-state index in [0.717, 1.165) is 18.4 Å². The van der Waals surface area contributed by atoms with Crippen LogP contribution >= 0.6 is 34.5 Å². The van der Waals surface area contributed by atoms with Gasteiger partial charge in [-0.05, 0) is 31.9 Å². The third kappa shape index (κ3) is 4.76. The van der Waals surface area contributed by atoms with E-state index in [9.17, 15) is 5.11 Å². The Balaban J connectivity index is 2.55. The van der Waals surface area contributed by atoms with Crippen LogP contribution in [0.3, 0.4) is 0 Å². The molecule has 0 aliphatic carbocycles. The molecule has 0 fully saturated rings. The van der Waals surface area contributed by atoms with Crippen molar-refractivity contribution in [1.29, 1.82) is 0 Å². The third-order valence-electron chi connectivity index (χ3n) is 2.73. The second-order valence-corrected chi connectivity index (χ2v) is 6.91. The lowest BCUT2D eigenvalue weighted by molar-refractivity contribution is 0.0477. The first-order chi connectivity index (χ1) is 7.85. The summed E-state index contributed by atoms with van der Waals surface area (Å²) in [5, 5.41) is 13.4. The van der Waals surface area contributed by atoms with Crippen LogP contribution in [0.2, 0.25) is 8.67 Å². The molecule has 0 radical (unpaired) electrons. The van der Waals surface area contributed by atoms with Gasteiger partial charge in [0.1, 0.15) is 0 Å². The molecule has 0 bridgehead atoms. The second-order valence-electron chi connectivity index (χ2n) is 4.63. The third-order valence-corrected chi connectivity index (χ3v) is 4.25. The predicted molar refractivity (Wildman–Crippen MR) is 76.3 cm³/mol. The Hall–Kier alpha value is 0.200. The summed E-state index contributed by atoms with van der Waals surface area (Å²) >= 11 is 13.4. The number of nitrogens with one attached hydrogen (secondary N) is 1. The van der Waals surface area contributed by atoms with Gasteiger partial charge in [0.05, 0.1) is 14.3 Å². The zero-order valence-corrected chi connectivity index (χ0v) is 12.7. The zero-order valence-electron chi connectivity index (χ0n) is 10.4. The highest BCUT2D eigenvalue weighted by molar-refractivity contribution is 7.20. The lowest BCUT2D eigenvalue weighted by atomic mass is 10.00. The maximum absolute atomic E-state index is 10.1. The highest BCUT2D eigenvalue weighted by Gasteiger charge is 2.21. The average molecular weight is 296 g/mol. The van der Waals surface area contributed by atoms with Crippen LogP contribution in [0.4, 0.5) is 0 Å². The Bertz CT molecular complexity index is 365. The molecule has 1 aromatic rings. The van der Waals surface area contributed by atoms with Crippen LogP contribution < -0.4 is 5.32 Å². The van der Waals surface area contributed by atoms with Gasteiger partial charge in [-0.25, -0.2) is 0 Å². The van der Waals surface area contributed by atoms with Crippen molar-refractivity contribution in [2.24, 2.45) is 0 Å². The Labute approximate surface area is 117 Å². The average Bonchev–Trinajstić information content (AvgIpc) is 2.54. The van der Waals surface area contributed by atoms with Gasteiger partial charge in [-0.2, -0.15) is 0 Å². The van der Waals surface area contributed by atoms with Gasteiger partial charge in [-0.1, -0.05) is 36.5 Å². The lowest BCUT2D eigenvalue weighted by Crippen LogP contribution is -2.38. The number of hydrogen-bond donors (Lipinski definition) is 2. The van der Waals surface area contributed by atoms with E-state index in [4.69, 9.17) is 23.2 Å². The molecule has 2 N–H and O–H groups in total. The van der Waals surface area contributed by atoms with Crippen molar-refractivity contribution in [3.8, 4) is 0 Å². The molecule has 2 unspecified atom stereocenters. The predicted octanol–water partition coefficient (Wildman–Crippen LogP) is 4.26. The Morgan fingerprint density at radius 3 is 2.65 bits per heavy atom.